The first-order chi connectivity index (χ1) is 8.08. The molecule has 2 heterocycles. The van der Waals surface area contributed by atoms with Crippen LogP contribution in [0.25, 0.3) is 0 Å². The maximum Gasteiger partial charge on any atom is 0.271 e. The molecule has 0 aliphatic carbocycles. The Morgan fingerprint density at radius 2 is 2.24 bits per heavy atom. The predicted octanol–water partition coefficient (Wildman–Crippen LogP) is 2.77. The number of hydrogen-bond acceptors (Lipinski definition) is 4. The molecule has 1 N–H and O–H groups in total. The Bertz CT molecular complexity index is 581. The van der Waals surface area contributed by atoms with Crippen LogP contribution >= 0.6 is 34.5 Å². The van der Waals surface area contributed by atoms with E-state index in [9.17, 15) is 4.79 Å². The smallest absolute Gasteiger partial charge is 0.271 e. The Labute approximate surface area is 112 Å². The van der Waals surface area contributed by atoms with Crippen molar-refractivity contribution in [2.24, 2.45) is 0 Å². The molecule has 0 unspecified atom stereocenters. The van der Waals surface area contributed by atoms with E-state index in [2.05, 4.69) is 9.97 Å². The van der Waals surface area contributed by atoms with Crippen LogP contribution in [-0.4, -0.2) is 17.0 Å². The highest BCUT2D eigenvalue weighted by Gasteiger charge is 2.11. The molecular weight excluding hydrogens is 281 g/mol. The minimum Gasteiger partial charge on any atom is -0.353 e. The molecule has 0 saturated carbocycles. The molecule has 7 heteroatoms. The summed E-state index contributed by atoms with van der Waals surface area (Å²) in [6.45, 7) is 0.605. The summed E-state index contributed by atoms with van der Waals surface area (Å²) < 4.78 is 0.735. The molecule has 0 aliphatic rings. The van der Waals surface area contributed by atoms with E-state index < -0.39 is 0 Å². The monoisotopic (exact) mass is 289 g/mol. The molecule has 17 heavy (non-hydrogen) atoms. The van der Waals surface area contributed by atoms with Crippen LogP contribution in [0, 0.1) is 0 Å². The van der Waals surface area contributed by atoms with E-state index in [-0.39, 0.29) is 10.6 Å². The lowest BCUT2D eigenvalue weighted by Gasteiger charge is -2.17. The summed E-state index contributed by atoms with van der Waals surface area (Å²) in [6.07, 6.45) is 1.33. The zero-order valence-corrected chi connectivity index (χ0v) is 11.2. The third kappa shape index (κ3) is 2.80. The van der Waals surface area contributed by atoms with Crippen molar-refractivity contribution >= 4 is 40.4 Å². The summed E-state index contributed by atoms with van der Waals surface area (Å²) >= 11 is 13.2. The van der Waals surface area contributed by atoms with Crippen LogP contribution in [0.3, 0.4) is 0 Å². The van der Waals surface area contributed by atoms with Crippen LogP contribution < -0.4 is 10.5 Å². The predicted molar refractivity (Wildman–Crippen MR) is 71.3 cm³/mol. The van der Waals surface area contributed by atoms with Crippen molar-refractivity contribution in [1.82, 2.24) is 9.97 Å². The summed E-state index contributed by atoms with van der Waals surface area (Å²) in [5.74, 6) is 0.458. The van der Waals surface area contributed by atoms with Crippen LogP contribution in [-0.2, 0) is 6.54 Å². The molecule has 0 aromatic carbocycles. The molecule has 90 valence electrons. The molecule has 2 rings (SSSR count). The number of nitrogens with one attached hydrogen (secondary N) is 1. The number of nitrogens with zero attached hydrogens (tertiary/aromatic N) is 2. The lowest BCUT2D eigenvalue weighted by molar-refractivity contribution is 0.900. The van der Waals surface area contributed by atoms with Gasteiger partial charge >= 0.3 is 0 Å². The van der Waals surface area contributed by atoms with Gasteiger partial charge in [0, 0.05) is 11.9 Å². The molecule has 0 fully saturated rings. The number of halogens is 2. The Morgan fingerprint density at radius 1 is 1.47 bits per heavy atom. The minimum absolute atomic E-state index is 0.0950. The molecule has 0 saturated heterocycles. The Kier molecular flexibility index (Phi) is 3.71. The van der Waals surface area contributed by atoms with E-state index in [0.717, 1.165) is 9.21 Å². The van der Waals surface area contributed by atoms with Gasteiger partial charge in [-0.05, 0) is 12.1 Å². The SMILES string of the molecule is CN(Cc1ccc(Cl)s1)c1nc[nH]c(=O)c1Cl. The van der Waals surface area contributed by atoms with Crippen molar-refractivity contribution in [2.45, 2.75) is 6.54 Å². The number of thiophene rings is 1. The first kappa shape index (κ1) is 12.4. The number of rotatable bonds is 3. The Hall–Kier alpha value is -1.04. The van der Waals surface area contributed by atoms with E-state index in [1.54, 1.807) is 4.90 Å². The normalized spacial score (nSPS) is 10.5. The van der Waals surface area contributed by atoms with Crippen molar-refractivity contribution < 1.29 is 0 Å². The van der Waals surface area contributed by atoms with Crippen molar-refractivity contribution in [3.63, 3.8) is 0 Å². The molecule has 0 spiro atoms. The van der Waals surface area contributed by atoms with Crippen molar-refractivity contribution in [1.29, 1.82) is 0 Å². The van der Waals surface area contributed by atoms with Crippen molar-refractivity contribution in [3.05, 3.63) is 43.0 Å². The molecule has 4 nitrogen and oxygen atoms in total. The van der Waals surface area contributed by atoms with Crippen molar-refractivity contribution in [3.8, 4) is 0 Å². The van der Waals surface area contributed by atoms with Gasteiger partial charge in [0.25, 0.3) is 5.56 Å². The van der Waals surface area contributed by atoms with Crippen LogP contribution in [0.15, 0.2) is 23.3 Å². The lowest BCUT2D eigenvalue weighted by atomic mass is 10.4. The highest BCUT2D eigenvalue weighted by Crippen LogP contribution is 2.25. The van der Waals surface area contributed by atoms with Gasteiger partial charge in [-0.15, -0.1) is 11.3 Å². The second-order valence-electron chi connectivity index (χ2n) is 3.43. The molecular formula is C10H9Cl2N3OS. The van der Waals surface area contributed by atoms with Gasteiger partial charge in [-0.1, -0.05) is 23.2 Å². The zero-order chi connectivity index (χ0) is 12.4. The second kappa shape index (κ2) is 5.08. The highest BCUT2D eigenvalue weighted by atomic mass is 35.5. The average molecular weight is 290 g/mol. The fraction of sp³-hybridized carbons (Fsp3) is 0.200. The topological polar surface area (TPSA) is 49.0 Å². The molecule has 0 radical (unpaired) electrons. The van der Waals surface area contributed by atoms with Gasteiger partial charge in [-0.25, -0.2) is 4.98 Å². The number of hydrogen-bond donors (Lipinski definition) is 1. The standard InChI is InChI=1S/C10H9Cl2N3OS/c1-15(4-6-2-3-7(11)17-6)9-8(12)10(16)14-5-13-9/h2-3,5H,4H2,1H3,(H,13,14,16). The largest absolute Gasteiger partial charge is 0.353 e. The summed E-state index contributed by atoms with van der Waals surface area (Å²) in [5.41, 5.74) is -0.340. The van der Waals surface area contributed by atoms with Gasteiger partial charge < -0.3 is 9.88 Å². The third-order valence-corrected chi connectivity index (χ3v) is 3.72. The zero-order valence-electron chi connectivity index (χ0n) is 8.91. The lowest BCUT2D eigenvalue weighted by Crippen LogP contribution is -2.21. The molecule has 2 aromatic rings. The van der Waals surface area contributed by atoms with Gasteiger partial charge in [0.2, 0.25) is 0 Å². The first-order valence-electron chi connectivity index (χ1n) is 4.76. The summed E-state index contributed by atoms with van der Waals surface area (Å²) in [4.78, 5) is 20.7. The van der Waals surface area contributed by atoms with Gasteiger partial charge in [-0.3, -0.25) is 4.79 Å². The maximum atomic E-state index is 11.3. The van der Waals surface area contributed by atoms with Crippen LogP contribution in [0.1, 0.15) is 4.88 Å². The highest BCUT2D eigenvalue weighted by molar-refractivity contribution is 7.16. The van der Waals surface area contributed by atoms with E-state index in [0.29, 0.717) is 12.4 Å². The van der Waals surface area contributed by atoms with Crippen LogP contribution in [0.4, 0.5) is 5.82 Å². The second-order valence-corrected chi connectivity index (χ2v) is 5.61. The molecule has 0 bridgehead atoms. The maximum absolute atomic E-state index is 11.3. The number of aromatic nitrogens is 2. The summed E-state index contributed by atoms with van der Waals surface area (Å²) in [5, 5.41) is 0.0950. The molecule has 0 aliphatic heterocycles. The molecule has 0 amide bonds. The molecule has 2 aromatic heterocycles. The van der Waals surface area contributed by atoms with E-state index in [4.69, 9.17) is 23.2 Å². The number of anilines is 1. The fourth-order valence-electron chi connectivity index (χ4n) is 1.39. The van der Waals surface area contributed by atoms with E-state index in [1.807, 2.05) is 19.2 Å². The number of H-pyrrole nitrogens is 1. The van der Waals surface area contributed by atoms with Crippen LogP contribution in [0.2, 0.25) is 9.36 Å². The van der Waals surface area contributed by atoms with E-state index in [1.165, 1.54) is 17.7 Å². The molecule has 0 atom stereocenters. The average Bonchev–Trinajstić information content (AvgIpc) is 2.68. The minimum atomic E-state index is -0.340. The van der Waals surface area contributed by atoms with Crippen LogP contribution in [0.5, 0.6) is 0 Å². The number of aromatic amines is 1. The summed E-state index contributed by atoms with van der Waals surface area (Å²) in [7, 11) is 1.82. The van der Waals surface area contributed by atoms with Gasteiger partial charge in [0.15, 0.2) is 5.82 Å². The Morgan fingerprint density at radius 3 is 2.88 bits per heavy atom. The first-order valence-corrected chi connectivity index (χ1v) is 6.33. The summed E-state index contributed by atoms with van der Waals surface area (Å²) in [6, 6.07) is 3.77. The Balaban J connectivity index is 2.23. The van der Waals surface area contributed by atoms with Gasteiger partial charge in [0.1, 0.15) is 5.02 Å². The fourth-order valence-corrected chi connectivity index (χ4v) is 2.77. The third-order valence-electron chi connectivity index (χ3n) is 2.16. The quantitative estimate of drug-likeness (QED) is 0.945. The van der Waals surface area contributed by atoms with Crippen molar-refractivity contribution in [2.75, 3.05) is 11.9 Å². The van der Waals surface area contributed by atoms with E-state index >= 15 is 0 Å². The van der Waals surface area contributed by atoms with Gasteiger partial charge in [0.05, 0.1) is 17.2 Å². The van der Waals surface area contributed by atoms with Gasteiger partial charge in [-0.2, -0.15) is 0 Å².